The zero-order valence-corrected chi connectivity index (χ0v) is 21.0. The van der Waals surface area contributed by atoms with Gasteiger partial charge in [0.15, 0.2) is 5.75 Å². The summed E-state index contributed by atoms with van der Waals surface area (Å²) < 4.78 is 61.2. The lowest BCUT2D eigenvalue weighted by molar-refractivity contribution is -0.112. The van der Waals surface area contributed by atoms with Gasteiger partial charge in [-0.15, -0.1) is 0 Å². The molecule has 1 N–H and O–H groups in total. The molecule has 0 saturated heterocycles. The Hall–Kier alpha value is -2.73. The van der Waals surface area contributed by atoms with E-state index in [4.69, 9.17) is 20.5 Å². The molecule has 11 nitrogen and oxygen atoms in total. The molecule has 0 unspecified atom stereocenters. The number of halogens is 1. The van der Waals surface area contributed by atoms with Crippen molar-refractivity contribution in [2.24, 2.45) is 0 Å². The van der Waals surface area contributed by atoms with Gasteiger partial charge in [0.05, 0.1) is 23.1 Å². The number of amides is 1. The molecular weight excluding hydrogens is 516 g/mol. The first-order valence-corrected chi connectivity index (χ1v) is 13.7. The molecule has 1 aromatic heterocycles. The molecule has 0 aliphatic rings. The highest BCUT2D eigenvalue weighted by Gasteiger charge is 2.25. The number of sulfone groups is 1. The van der Waals surface area contributed by atoms with E-state index in [0.717, 1.165) is 6.26 Å². The highest BCUT2D eigenvalue weighted by atomic mass is 35.5. The fourth-order valence-corrected chi connectivity index (χ4v) is 4.71. The number of benzene rings is 1. The molecule has 2 rings (SSSR count). The van der Waals surface area contributed by atoms with Crippen LogP contribution in [0.15, 0.2) is 22.9 Å². The number of aromatic nitrogens is 2. The van der Waals surface area contributed by atoms with Gasteiger partial charge in [0, 0.05) is 11.5 Å². The SMILES string of the molecule is CCOc1cc(C=C(C#N)C(=O)Nc2nc(S(=O)(=O)C(C)C)ns2)cc(Cl)c1OS(C)(=O)=O. The molecular formula is C18H19ClN4O7S3. The molecule has 33 heavy (non-hydrogen) atoms. The summed E-state index contributed by atoms with van der Waals surface area (Å²) in [5.41, 5.74) is -0.120. The van der Waals surface area contributed by atoms with Crippen LogP contribution in [-0.2, 0) is 24.7 Å². The minimum Gasteiger partial charge on any atom is -0.490 e. The number of anilines is 1. The second-order valence-electron chi connectivity index (χ2n) is 6.65. The fraction of sp³-hybridized carbons (Fsp3) is 0.333. The Morgan fingerprint density at radius 2 is 2.00 bits per heavy atom. The Bertz CT molecular complexity index is 1340. The van der Waals surface area contributed by atoms with Gasteiger partial charge in [-0.25, -0.2) is 8.42 Å². The average molecular weight is 535 g/mol. The first kappa shape index (κ1) is 26.5. The molecule has 1 aromatic carbocycles. The average Bonchev–Trinajstić information content (AvgIpc) is 3.17. The first-order chi connectivity index (χ1) is 15.3. The van der Waals surface area contributed by atoms with E-state index in [9.17, 15) is 26.9 Å². The van der Waals surface area contributed by atoms with Crippen LogP contribution in [0, 0.1) is 11.3 Å². The van der Waals surface area contributed by atoms with E-state index in [-0.39, 0.29) is 39.4 Å². The van der Waals surface area contributed by atoms with E-state index >= 15 is 0 Å². The molecule has 0 aliphatic heterocycles. The van der Waals surface area contributed by atoms with Gasteiger partial charge >= 0.3 is 10.1 Å². The van der Waals surface area contributed by atoms with Crippen molar-refractivity contribution < 1.29 is 30.6 Å². The van der Waals surface area contributed by atoms with Crippen molar-refractivity contribution in [2.75, 3.05) is 18.2 Å². The van der Waals surface area contributed by atoms with E-state index in [1.807, 2.05) is 0 Å². The molecule has 0 saturated carbocycles. The maximum atomic E-state index is 12.5. The van der Waals surface area contributed by atoms with Crippen molar-refractivity contribution in [3.05, 3.63) is 28.3 Å². The minimum atomic E-state index is -3.89. The molecule has 178 valence electrons. The smallest absolute Gasteiger partial charge is 0.306 e. The molecule has 2 aromatic rings. The monoisotopic (exact) mass is 534 g/mol. The summed E-state index contributed by atoms with van der Waals surface area (Å²) in [6, 6.07) is 4.36. The Kier molecular flexibility index (Phi) is 8.41. The molecule has 15 heteroatoms. The van der Waals surface area contributed by atoms with Gasteiger partial charge in [-0.05, 0) is 44.5 Å². The van der Waals surface area contributed by atoms with E-state index < -0.39 is 36.3 Å². The van der Waals surface area contributed by atoms with Gasteiger partial charge in [-0.1, -0.05) is 11.6 Å². The van der Waals surface area contributed by atoms with Gasteiger partial charge in [0.25, 0.3) is 11.1 Å². The maximum Gasteiger partial charge on any atom is 0.306 e. The number of hydrogen-bond acceptors (Lipinski definition) is 11. The summed E-state index contributed by atoms with van der Waals surface area (Å²) in [6.45, 7) is 4.76. The third-order valence-electron chi connectivity index (χ3n) is 3.75. The van der Waals surface area contributed by atoms with Crippen LogP contribution in [0.5, 0.6) is 11.5 Å². The summed E-state index contributed by atoms with van der Waals surface area (Å²) in [5.74, 6) is -1.10. The summed E-state index contributed by atoms with van der Waals surface area (Å²) >= 11 is 6.78. The topological polar surface area (TPSA) is 165 Å². The van der Waals surface area contributed by atoms with Gasteiger partial charge < -0.3 is 8.92 Å². The predicted octanol–water partition coefficient (Wildman–Crippen LogP) is 2.66. The van der Waals surface area contributed by atoms with Gasteiger partial charge in [-0.3, -0.25) is 10.1 Å². The summed E-state index contributed by atoms with van der Waals surface area (Å²) in [6.07, 6.45) is 2.02. The second-order valence-corrected chi connectivity index (χ2v) is 11.8. The van der Waals surface area contributed by atoms with Crippen molar-refractivity contribution in [3.8, 4) is 17.6 Å². The number of carbonyl (C=O) groups is 1. The number of hydrogen-bond donors (Lipinski definition) is 1. The highest BCUT2D eigenvalue weighted by Crippen LogP contribution is 2.38. The summed E-state index contributed by atoms with van der Waals surface area (Å²) in [4.78, 5) is 16.3. The number of nitrogens with one attached hydrogen (secondary N) is 1. The Labute approximate surface area is 200 Å². The van der Waals surface area contributed by atoms with Crippen LogP contribution >= 0.6 is 23.1 Å². The van der Waals surface area contributed by atoms with Crippen molar-refractivity contribution in [1.29, 1.82) is 5.26 Å². The fourth-order valence-electron chi connectivity index (χ4n) is 2.23. The van der Waals surface area contributed by atoms with Crippen LogP contribution < -0.4 is 14.2 Å². The Morgan fingerprint density at radius 3 is 2.55 bits per heavy atom. The zero-order valence-electron chi connectivity index (χ0n) is 17.8. The summed E-state index contributed by atoms with van der Waals surface area (Å²) in [5, 5.41) is 10.3. The number of nitriles is 1. The molecule has 1 amide bonds. The molecule has 0 radical (unpaired) electrons. The third kappa shape index (κ3) is 6.87. The Balaban J connectivity index is 2.36. The van der Waals surface area contributed by atoms with Gasteiger partial charge in [0.1, 0.15) is 11.6 Å². The van der Waals surface area contributed by atoms with E-state index in [1.165, 1.54) is 32.1 Å². The van der Waals surface area contributed by atoms with Crippen LogP contribution in [0.25, 0.3) is 6.08 Å². The van der Waals surface area contributed by atoms with Crippen molar-refractivity contribution in [3.63, 3.8) is 0 Å². The van der Waals surface area contributed by atoms with Crippen molar-refractivity contribution in [2.45, 2.75) is 31.2 Å². The van der Waals surface area contributed by atoms with Gasteiger partial charge in [0.2, 0.25) is 20.7 Å². The summed E-state index contributed by atoms with van der Waals surface area (Å²) in [7, 11) is -7.62. The van der Waals surface area contributed by atoms with Crippen molar-refractivity contribution in [1.82, 2.24) is 9.36 Å². The number of nitrogens with zero attached hydrogens (tertiary/aromatic N) is 3. The number of ether oxygens (including phenoxy) is 1. The van der Waals surface area contributed by atoms with Crippen LogP contribution in [0.2, 0.25) is 5.02 Å². The standard InChI is InChI=1S/C18H19ClN4O7S3/c1-5-29-14-8-11(7-13(19)15(14)30-32(4,25)26)6-12(9-20)16(24)21-17-22-18(23-31-17)33(27,28)10(2)3/h6-8,10H,5H2,1-4H3,(H,21,22,23,24). The lowest BCUT2D eigenvalue weighted by atomic mass is 10.1. The minimum absolute atomic E-state index is 0.00738. The molecule has 0 aliphatic carbocycles. The molecule has 0 bridgehead atoms. The van der Waals surface area contributed by atoms with E-state index in [2.05, 4.69) is 14.7 Å². The molecule has 0 spiro atoms. The van der Waals surface area contributed by atoms with Crippen LogP contribution in [0.1, 0.15) is 26.3 Å². The van der Waals surface area contributed by atoms with Gasteiger partial charge in [-0.2, -0.15) is 23.0 Å². The van der Waals surface area contributed by atoms with Crippen LogP contribution in [-0.4, -0.2) is 50.2 Å². The zero-order chi connectivity index (χ0) is 25.0. The lowest BCUT2D eigenvalue weighted by Gasteiger charge is -2.13. The molecule has 0 atom stereocenters. The third-order valence-corrected chi connectivity index (χ3v) is 7.17. The Morgan fingerprint density at radius 1 is 1.33 bits per heavy atom. The normalized spacial score (nSPS) is 12.3. The number of rotatable bonds is 9. The number of carbonyl (C=O) groups excluding carboxylic acids is 1. The lowest BCUT2D eigenvalue weighted by Crippen LogP contribution is -2.16. The van der Waals surface area contributed by atoms with Crippen LogP contribution in [0.3, 0.4) is 0 Å². The maximum absolute atomic E-state index is 12.5. The molecule has 0 fully saturated rings. The predicted molar refractivity (Wildman–Crippen MR) is 123 cm³/mol. The first-order valence-electron chi connectivity index (χ1n) is 9.15. The second kappa shape index (κ2) is 10.5. The largest absolute Gasteiger partial charge is 0.490 e. The molecule has 1 heterocycles. The quantitative estimate of drug-likeness (QED) is 0.287. The van der Waals surface area contributed by atoms with E-state index in [0.29, 0.717) is 11.5 Å². The highest BCUT2D eigenvalue weighted by molar-refractivity contribution is 7.91. The van der Waals surface area contributed by atoms with Crippen LogP contribution in [0.4, 0.5) is 5.13 Å². The van der Waals surface area contributed by atoms with E-state index in [1.54, 1.807) is 13.0 Å². The van der Waals surface area contributed by atoms with Crippen molar-refractivity contribution >= 4 is 60.2 Å².